The van der Waals surface area contributed by atoms with Gasteiger partial charge >= 0.3 is 11.6 Å². The molecular weight excluding hydrogens is 396 g/mol. The zero-order valence-corrected chi connectivity index (χ0v) is 10.1. The molecule has 0 N–H and O–H groups in total. The number of hydrogen-bond donors (Lipinski definition) is 0. The van der Waals surface area contributed by atoms with E-state index in [2.05, 4.69) is 22.4 Å². The van der Waals surface area contributed by atoms with Crippen LogP contribution in [0.25, 0.3) is 0 Å². The molecule has 2 nitrogen and oxygen atoms in total. The van der Waals surface area contributed by atoms with E-state index in [4.69, 9.17) is 8.42 Å². The van der Waals surface area contributed by atoms with Gasteiger partial charge in [0, 0.05) is 61.5 Å². The first kappa shape index (κ1) is 338. The summed E-state index contributed by atoms with van der Waals surface area (Å²) in [6.45, 7) is 0. The van der Waals surface area contributed by atoms with Gasteiger partial charge in [0.2, 0.25) is 0 Å². The third-order valence-electron chi connectivity index (χ3n) is 0. The molecule has 0 aromatic heterocycles. The molecule has 152 valence electrons. The Labute approximate surface area is 201 Å². The summed E-state index contributed by atoms with van der Waals surface area (Å²) < 4.78 is 16.6. The smallest absolute Gasteiger partial charge is 0.197 e. The quantitative estimate of drug-likeness (QED) is 0.403. The maximum absolute atomic E-state index is 8.29. The van der Waals surface area contributed by atoms with Gasteiger partial charge < -0.3 is 0 Å². The fourth-order valence-electron chi connectivity index (χ4n) is 0. The van der Waals surface area contributed by atoms with Crippen molar-refractivity contribution >= 4 is 74.4 Å². The molecule has 0 rings (SSSR count). The van der Waals surface area contributed by atoms with Gasteiger partial charge in [-0.15, -0.1) is 0 Å². The van der Waals surface area contributed by atoms with Gasteiger partial charge in [0.15, 0.2) is 0 Å². The Morgan fingerprint density at radius 3 is 0.500 bits per heavy atom. The molecule has 0 heterocycles. The monoisotopic (exact) mass is 448 g/mol. The molecule has 0 fully saturated rings. The summed E-state index contributed by atoms with van der Waals surface area (Å²) in [6.07, 6.45) is 0. The fraction of sp³-hybridized carbons (Fsp3) is 1.00. The first-order valence-electron chi connectivity index (χ1n) is 0.500. The average Bonchev–Trinajstić information content (AvgIpc) is 1.46. The summed E-state index contributed by atoms with van der Waals surface area (Å²) in [6, 6.07) is 0. The second-order valence-corrected chi connectivity index (χ2v) is 0.204. The van der Waals surface area contributed by atoms with E-state index in [-0.39, 0.29) is 161 Å². The van der Waals surface area contributed by atoms with Gasteiger partial charge in [-0.25, -0.2) is 0 Å². The largest absolute Gasteiger partial charge is 0.335 e. The van der Waals surface area contributed by atoms with E-state index in [0.29, 0.717) is 0 Å². The van der Waals surface area contributed by atoms with Crippen LogP contribution in [-0.4, -0.2) is 8.42 Å². The molecule has 0 radical (unpaired) electrons. The maximum Gasteiger partial charge on any atom is 0.335 e. The first-order valence-corrected chi connectivity index (χ1v) is 2.50. The Morgan fingerprint density at radius 2 is 0.500 bits per heavy atom. The van der Waals surface area contributed by atoms with Crippen LogP contribution < -0.4 is 0 Å². The number of hydrogen-bond acceptors (Lipinski definition) is 4. The fourth-order valence-corrected chi connectivity index (χ4v) is 0. The van der Waals surface area contributed by atoms with Crippen LogP contribution in [0.4, 0.5) is 0 Å². The van der Waals surface area contributed by atoms with Gasteiger partial charge in [-0.05, 0) is 0 Å². The van der Waals surface area contributed by atoms with Crippen molar-refractivity contribution < 1.29 is 47.6 Å². The van der Waals surface area contributed by atoms with E-state index >= 15 is 0 Å². The van der Waals surface area contributed by atoms with Crippen LogP contribution >= 0.6 is 40.5 Å². The maximum atomic E-state index is 8.29. The minimum absolute atomic E-state index is 0. The molecule has 0 saturated heterocycles. The van der Waals surface area contributed by atoms with Crippen LogP contribution in [0.3, 0.4) is 0 Å². The standard InChI is InChI=1S/11CH4.Ar.O2S.S2.3H2S.H2/c;;;;;;;;;;;;1-3-2;1-2;;;;/h11*1H4;;;;3*1H2;1H. The van der Waals surface area contributed by atoms with Crippen LogP contribution in [0.1, 0.15) is 83.1 Å². The molecule has 0 aromatic rings. The van der Waals surface area contributed by atoms with E-state index in [1.807, 2.05) is 0 Å². The molecule has 0 spiro atoms. The molecule has 9 heteroatoms. The predicted octanol–water partition coefficient (Wildman–Crippen LogP) is 6.91. The van der Waals surface area contributed by atoms with Gasteiger partial charge in [-0.1, -0.05) is 81.7 Å². The van der Waals surface area contributed by atoms with Crippen LogP contribution in [0.2, 0.25) is 0 Å². The second kappa shape index (κ2) is 716. The summed E-state index contributed by atoms with van der Waals surface area (Å²) in [7, 11) is 0. The van der Waals surface area contributed by atoms with Crippen LogP contribution in [-0.2, 0) is 33.9 Å². The minimum Gasteiger partial charge on any atom is -0.197 e. The summed E-state index contributed by atoms with van der Waals surface area (Å²) >= 11 is 6.58. The SMILES string of the molecule is C.C.C.C.C.C.C.C.C.C.C.O=S=O.S.S.S.S=S.[Ar].[HH]. The molecule has 0 aliphatic carbocycles. The predicted molar refractivity (Wildman–Crippen MR) is 131 cm³/mol. The third-order valence-corrected chi connectivity index (χ3v) is 0. The van der Waals surface area contributed by atoms with Gasteiger partial charge in [0.05, 0.1) is 0 Å². The molecule has 0 aliphatic heterocycles. The summed E-state index contributed by atoms with van der Waals surface area (Å²) in [5.41, 5.74) is 0. The van der Waals surface area contributed by atoms with Crippen molar-refractivity contribution in [2.75, 3.05) is 0 Å². The van der Waals surface area contributed by atoms with Crippen molar-refractivity contribution in [3.05, 3.63) is 0 Å². The summed E-state index contributed by atoms with van der Waals surface area (Å²) in [4.78, 5) is 0. The van der Waals surface area contributed by atoms with Gasteiger partial charge in [-0.3, -0.25) is 0 Å². The Bertz CT molecular complexity index is 66.0. The average molecular weight is 449 g/mol. The topological polar surface area (TPSA) is 34.1 Å². The molecule has 0 aliphatic rings. The Kier molecular flexibility index (Phi) is 12100. The van der Waals surface area contributed by atoms with E-state index in [1.165, 1.54) is 0 Å². The van der Waals surface area contributed by atoms with Gasteiger partial charge in [-0.2, -0.15) is 48.9 Å². The van der Waals surface area contributed by atoms with Crippen molar-refractivity contribution in [3.63, 3.8) is 0 Å². The van der Waals surface area contributed by atoms with E-state index in [9.17, 15) is 0 Å². The second-order valence-electron chi connectivity index (χ2n) is 0.0680. The van der Waals surface area contributed by atoms with Crippen molar-refractivity contribution in [2.24, 2.45) is 0 Å². The van der Waals surface area contributed by atoms with Crippen molar-refractivity contribution in [1.29, 1.82) is 0 Å². The van der Waals surface area contributed by atoms with Crippen LogP contribution in [0.5, 0.6) is 0 Å². The van der Waals surface area contributed by atoms with Gasteiger partial charge in [0.1, 0.15) is 0 Å². The Morgan fingerprint density at radius 1 is 0.500 bits per heavy atom. The molecule has 20 heavy (non-hydrogen) atoms. The third kappa shape index (κ3) is 1190. The summed E-state index contributed by atoms with van der Waals surface area (Å²) in [5.74, 6) is 0. The van der Waals surface area contributed by atoms with Crippen LogP contribution in [0, 0.1) is 37.7 Å². The van der Waals surface area contributed by atoms with Crippen molar-refractivity contribution in [2.45, 2.75) is 81.7 Å². The Hall–Kier alpha value is 2.57. The molecule has 0 amide bonds. The molecule has 0 aromatic carbocycles. The summed E-state index contributed by atoms with van der Waals surface area (Å²) in [5, 5.41) is 0. The van der Waals surface area contributed by atoms with Crippen molar-refractivity contribution in [1.82, 2.24) is 0 Å². The minimum atomic E-state index is -0.750. The normalized spacial score (nSPS) is 0.800. The van der Waals surface area contributed by atoms with Crippen LogP contribution in [0.15, 0.2) is 0 Å². The molecule has 0 atom stereocenters. The zero-order valence-electron chi connectivity index (χ0n) is 3.89. The number of rotatable bonds is 0. The van der Waals surface area contributed by atoms with Crippen molar-refractivity contribution in [3.8, 4) is 0 Å². The zero-order chi connectivity index (χ0) is 4.71. The molecule has 0 unspecified atom stereocenters. The van der Waals surface area contributed by atoms with E-state index in [0.717, 1.165) is 0 Å². The van der Waals surface area contributed by atoms with Gasteiger partial charge in [0.25, 0.3) is 0 Å². The molecule has 0 bridgehead atoms. The first-order chi connectivity index (χ1) is 2.41. The van der Waals surface area contributed by atoms with E-state index in [1.54, 1.807) is 0 Å². The molecule has 0 saturated carbocycles. The van der Waals surface area contributed by atoms with E-state index < -0.39 is 11.6 Å². The Balaban J connectivity index is -0.000000000307. The molecular formula is C11H52ArO2S6.